The largest absolute Gasteiger partial charge is 0.335 e. The van der Waals surface area contributed by atoms with E-state index in [0.717, 1.165) is 5.69 Å². The molecule has 1 aliphatic rings. The van der Waals surface area contributed by atoms with Gasteiger partial charge in [0.05, 0.1) is 10.6 Å². The summed E-state index contributed by atoms with van der Waals surface area (Å²) < 4.78 is 25.0. The number of carbonyl (C=O) groups excluding carboxylic acids is 1. The van der Waals surface area contributed by atoms with E-state index in [2.05, 4.69) is 15.7 Å². The molecule has 1 aromatic heterocycles. The highest BCUT2D eigenvalue weighted by Gasteiger charge is 2.28. The molecule has 1 fully saturated rings. The zero-order chi connectivity index (χ0) is 18.2. The van der Waals surface area contributed by atoms with Crippen LogP contribution in [0.25, 0.3) is 5.69 Å². The average Bonchev–Trinajstić information content (AvgIpc) is 3.26. The maximum Gasteiger partial charge on any atom is 0.320 e. The molecule has 3 rings (SSSR count). The van der Waals surface area contributed by atoms with Crippen LogP contribution in [0.15, 0.2) is 35.4 Å². The maximum atomic E-state index is 12.0. The van der Waals surface area contributed by atoms with Crippen LogP contribution in [0.3, 0.4) is 0 Å². The second-order valence-corrected chi connectivity index (χ2v) is 8.58. The molecule has 1 heterocycles. The second kappa shape index (κ2) is 6.51. The summed E-state index contributed by atoms with van der Waals surface area (Å²) in [4.78, 5) is 12.3. The third-order valence-corrected chi connectivity index (χ3v) is 5.60. The number of anilines is 1. The number of hydrogen-bond donors (Lipinski definition) is 2. The Labute approximate surface area is 147 Å². The van der Waals surface area contributed by atoms with Crippen molar-refractivity contribution in [2.75, 3.05) is 11.6 Å². The Kier molecular flexibility index (Phi) is 4.55. The molecule has 1 aromatic carbocycles. The van der Waals surface area contributed by atoms with Crippen molar-refractivity contribution in [3.63, 3.8) is 0 Å². The van der Waals surface area contributed by atoms with Crippen molar-refractivity contribution in [1.82, 2.24) is 15.1 Å². The summed E-state index contributed by atoms with van der Waals surface area (Å²) in [5.74, 6) is 1.02. The zero-order valence-electron chi connectivity index (χ0n) is 14.5. The predicted molar refractivity (Wildman–Crippen MR) is 95.8 cm³/mol. The van der Waals surface area contributed by atoms with Crippen molar-refractivity contribution in [3.05, 3.63) is 36.0 Å². The molecule has 0 unspecified atom stereocenters. The monoisotopic (exact) mass is 362 g/mol. The van der Waals surface area contributed by atoms with Gasteiger partial charge in [0.15, 0.2) is 15.7 Å². The van der Waals surface area contributed by atoms with E-state index in [1.807, 2.05) is 6.92 Å². The number of amides is 2. The minimum absolute atomic E-state index is 0.160. The molecule has 1 saturated carbocycles. The van der Waals surface area contributed by atoms with E-state index in [1.165, 1.54) is 19.1 Å². The van der Waals surface area contributed by atoms with Crippen LogP contribution in [0.1, 0.15) is 25.3 Å². The molecule has 0 radical (unpaired) electrons. The Bertz CT molecular complexity index is 900. The van der Waals surface area contributed by atoms with Gasteiger partial charge in [0, 0.05) is 24.6 Å². The summed E-state index contributed by atoms with van der Waals surface area (Å²) in [6.07, 6.45) is 5.23. The van der Waals surface area contributed by atoms with Gasteiger partial charge in [-0.3, -0.25) is 5.32 Å². The summed E-state index contributed by atoms with van der Waals surface area (Å²) >= 11 is 0. The van der Waals surface area contributed by atoms with Crippen LogP contribution in [0.2, 0.25) is 0 Å². The minimum Gasteiger partial charge on any atom is -0.335 e. The third kappa shape index (κ3) is 4.19. The molecule has 0 aliphatic heterocycles. The van der Waals surface area contributed by atoms with Gasteiger partial charge >= 0.3 is 6.03 Å². The highest BCUT2D eigenvalue weighted by molar-refractivity contribution is 7.90. The van der Waals surface area contributed by atoms with Gasteiger partial charge in [-0.05, 0) is 56.4 Å². The third-order valence-electron chi connectivity index (χ3n) is 4.34. The fourth-order valence-electron chi connectivity index (χ4n) is 2.80. The molecule has 0 bridgehead atoms. The Hall–Kier alpha value is -2.35. The Morgan fingerprint density at radius 3 is 2.64 bits per heavy atom. The maximum absolute atomic E-state index is 12.0. The Balaban J connectivity index is 1.70. The van der Waals surface area contributed by atoms with E-state index in [9.17, 15) is 13.2 Å². The molecule has 0 saturated heterocycles. The first kappa shape index (κ1) is 17.5. The van der Waals surface area contributed by atoms with Gasteiger partial charge in [0.1, 0.15) is 0 Å². The fourth-order valence-corrected chi connectivity index (χ4v) is 3.76. The molecule has 25 heavy (non-hydrogen) atoms. The van der Waals surface area contributed by atoms with Gasteiger partial charge in [-0.1, -0.05) is 0 Å². The van der Waals surface area contributed by atoms with Crippen LogP contribution in [-0.4, -0.2) is 36.5 Å². The van der Waals surface area contributed by atoms with E-state index < -0.39 is 9.84 Å². The molecule has 2 amide bonds. The van der Waals surface area contributed by atoms with Crippen molar-refractivity contribution < 1.29 is 13.2 Å². The van der Waals surface area contributed by atoms with Crippen molar-refractivity contribution >= 4 is 21.7 Å². The second-order valence-electron chi connectivity index (χ2n) is 6.59. The Morgan fingerprint density at radius 1 is 1.32 bits per heavy atom. The summed E-state index contributed by atoms with van der Waals surface area (Å²) in [5.41, 5.74) is 1.38. The summed E-state index contributed by atoms with van der Waals surface area (Å²) in [6.45, 7) is 3.75. The van der Waals surface area contributed by atoms with Crippen molar-refractivity contribution in [2.24, 2.45) is 5.92 Å². The number of nitrogens with one attached hydrogen (secondary N) is 2. The lowest BCUT2D eigenvalue weighted by Crippen LogP contribution is -2.37. The number of nitrogens with zero attached hydrogens (tertiary/aromatic N) is 2. The van der Waals surface area contributed by atoms with E-state index in [-0.39, 0.29) is 12.1 Å². The highest BCUT2D eigenvalue weighted by atomic mass is 32.2. The normalized spacial score (nSPS) is 15.6. The topological polar surface area (TPSA) is 93.1 Å². The fraction of sp³-hybridized carbons (Fsp3) is 0.412. The SMILES string of the molecule is Cc1cc(-n2ccc(NC(=O)N[C@@H](C)C3CC3)n2)ccc1S(C)(=O)=O. The van der Waals surface area contributed by atoms with Crippen LogP contribution in [0.5, 0.6) is 0 Å². The number of rotatable bonds is 5. The first-order valence-corrected chi connectivity index (χ1v) is 10.1. The summed E-state index contributed by atoms with van der Waals surface area (Å²) in [7, 11) is -3.25. The molecular weight excluding hydrogens is 340 g/mol. The molecular formula is C17H22N4O3S. The first-order chi connectivity index (χ1) is 11.7. The lowest BCUT2D eigenvalue weighted by molar-refractivity contribution is 0.248. The number of aryl methyl sites for hydroxylation is 1. The molecule has 0 spiro atoms. The number of hydrogen-bond acceptors (Lipinski definition) is 4. The molecule has 7 nitrogen and oxygen atoms in total. The van der Waals surface area contributed by atoms with Crippen LogP contribution in [0, 0.1) is 12.8 Å². The molecule has 2 aromatic rings. The molecule has 134 valence electrons. The van der Waals surface area contributed by atoms with Crippen LogP contribution >= 0.6 is 0 Å². The van der Waals surface area contributed by atoms with Gasteiger partial charge in [-0.2, -0.15) is 0 Å². The zero-order valence-corrected chi connectivity index (χ0v) is 15.3. The molecule has 2 N–H and O–H groups in total. The van der Waals surface area contributed by atoms with E-state index in [0.29, 0.717) is 22.2 Å². The van der Waals surface area contributed by atoms with Crippen molar-refractivity contribution in [1.29, 1.82) is 0 Å². The van der Waals surface area contributed by atoms with Gasteiger partial charge < -0.3 is 5.32 Å². The predicted octanol–water partition coefficient (Wildman–Crippen LogP) is 2.50. The van der Waals surface area contributed by atoms with Gasteiger partial charge in [-0.15, -0.1) is 5.10 Å². The number of urea groups is 1. The van der Waals surface area contributed by atoms with E-state index in [1.54, 1.807) is 42.1 Å². The molecule has 1 atom stereocenters. The van der Waals surface area contributed by atoms with Crippen LogP contribution < -0.4 is 10.6 Å². The standard InChI is InChI=1S/C17H22N4O3S/c1-11-10-14(6-7-15(11)25(3,23)24)21-9-8-16(20-21)19-17(22)18-12(2)13-4-5-13/h6-10,12-13H,4-5H2,1-3H3,(H2,18,19,20,22)/t12-/m0/s1. The van der Waals surface area contributed by atoms with Gasteiger partial charge in [-0.25, -0.2) is 17.9 Å². The van der Waals surface area contributed by atoms with Crippen molar-refractivity contribution in [2.45, 2.75) is 37.6 Å². The quantitative estimate of drug-likeness (QED) is 0.855. The van der Waals surface area contributed by atoms with Gasteiger partial charge in [0.2, 0.25) is 0 Å². The average molecular weight is 362 g/mol. The van der Waals surface area contributed by atoms with E-state index >= 15 is 0 Å². The molecule has 8 heteroatoms. The van der Waals surface area contributed by atoms with E-state index in [4.69, 9.17) is 0 Å². The van der Waals surface area contributed by atoms with Gasteiger partial charge in [0.25, 0.3) is 0 Å². The number of benzene rings is 1. The van der Waals surface area contributed by atoms with Crippen LogP contribution in [-0.2, 0) is 9.84 Å². The lowest BCUT2D eigenvalue weighted by atomic mass is 10.2. The minimum atomic E-state index is -3.25. The highest BCUT2D eigenvalue weighted by Crippen LogP contribution is 2.32. The lowest BCUT2D eigenvalue weighted by Gasteiger charge is -2.12. The summed E-state index contributed by atoms with van der Waals surface area (Å²) in [6, 6.07) is 6.60. The van der Waals surface area contributed by atoms with Crippen molar-refractivity contribution in [3.8, 4) is 5.69 Å². The van der Waals surface area contributed by atoms with Crippen LogP contribution in [0.4, 0.5) is 10.6 Å². The number of aromatic nitrogens is 2. The number of carbonyl (C=O) groups is 1. The molecule has 1 aliphatic carbocycles. The number of sulfone groups is 1. The summed E-state index contributed by atoms with van der Waals surface area (Å²) in [5, 5.41) is 9.94. The first-order valence-electron chi connectivity index (χ1n) is 8.18. The Morgan fingerprint density at radius 2 is 2.04 bits per heavy atom. The smallest absolute Gasteiger partial charge is 0.320 e.